The Kier molecular flexibility index (Phi) is 2.82. The quantitative estimate of drug-likeness (QED) is 0.615. The molecule has 0 unspecified atom stereocenters. The third-order valence-corrected chi connectivity index (χ3v) is 2.26. The normalized spacial score (nSPS) is 10.4. The van der Waals surface area contributed by atoms with Gasteiger partial charge in [0.15, 0.2) is 0 Å². The molecule has 0 spiro atoms. The zero-order valence-corrected chi connectivity index (χ0v) is 8.88. The lowest BCUT2D eigenvalue weighted by molar-refractivity contribution is 0.480. The molecule has 15 heavy (non-hydrogen) atoms. The molecule has 2 aromatic rings. The molecule has 0 aliphatic carbocycles. The standard InChI is InChI=1S/C10H11N3OS/c11-8-4-1-7(2-5-8)3-6-9-12-13-10(15)14-9/h1-2,4-5H,3,6,11H2,(H,13,15). The molecule has 0 atom stereocenters. The second kappa shape index (κ2) is 4.27. The minimum atomic E-state index is 0.322. The zero-order valence-electron chi connectivity index (χ0n) is 8.06. The largest absolute Gasteiger partial charge is 0.414 e. The van der Waals surface area contributed by atoms with Crippen LogP contribution in [-0.2, 0) is 12.8 Å². The molecule has 0 bridgehead atoms. The van der Waals surface area contributed by atoms with Crippen LogP contribution in [-0.4, -0.2) is 10.2 Å². The van der Waals surface area contributed by atoms with Crippen LogP contribution < -0.4 is 5.73 Å². The molecule has 78 valence electrons. The maximum Gasteiger partial charge on any atom is 0.284 e. The number of aryl methyl sites for hydroxylation is 2. The Labute approximate surface area is 92.1 Å². The fourth-order valence-corrected chi connectivity index (χ4v) is 1.44. The van der Waals surface area contributed by atoms with Crippen molar-refractivity contribution >= 4 is 17.9 Å². The Balaban J connectivity index is 1.99. The predicted octanol–water partition coefficient (Wildman–Crippen LogP) is 2.10. The van der Waals surface area contributed by atoms with Crippen molar-refractivity contribution in [2.24, 2.45) is 0 Å². The minimum absolute atomic E-state index is 0.322. The van der Waals surface area contributed by atoms with Crippen LogP contribution in [0.4, 0.5) is 5.69 Å². The summed E-state index contributed by atoms with van der Waals surface area (Å²) in [6.07, 6.45) is 1.60. The topological polar surface area (TPSA) is 67.8 Å². The first-order valence-electron chi connectivity index (χ1n) is 4.63. The van der Waals surface area contributed by atoms with E-state index < -0.39 is 0 Å². The Bertz CT molecular complexity index is 486. The number of hydrogen-bond donors (Lipinski definition) is 2. The smallest absolute Gasteiger partial charge is 0.284 e. The van der Waals surface area contributed by atoms with Crippen LogP contribution >= 0.6 is 12.2 Å². The average molecular weight is 221 g/mol. The number of rotatable bonds is 3. The van der Waals surface area contributed by atoms with Gasteiger partial charge in [0.25, 0.3) is 4.84 Å². The first kappa shape index (κ1) is 9.92. The van der Waals surface area contributed by atoms with Crippen molar-refractivity contribution in [2.75, 3.05) is 5.73 Å². The Morgan fingerprint density at radius 2 is 2.00 bits per heavy atom. The number of hydrogen-bond acceptors (Lipinski definition) is 4. The summed E-state index contributed by atoms with van der Waals surface area (Å²) in [5, 5.41) is 6.52. The molecule has 0 fully saturated rings. The molecule has 0 saturated heterocycles. The van der Waals surface area contributed by atoms with E-state index in [2.05, 4.69) is 10.2 Å². The molecular weight excluding hydrogens is 210 g/mol. The molecule has 0 saturated carbocycles. The molecule has 0 radical (unpaired) electrons. The molecule has 4 nitrogen and oxygen atoms in total. The van der Waals surface area contributed by atoms with Crippen LogP contribution in [0.5, 0.6) is 0 Å². The van der Waals surface area contributed by atoms with Crippen molar-refractivity contribution in [3.63, 3.8) is 0 Å². The number of nitrogens with two attached hydrogens (primary N) is 1. The van der Waals surface area contributed by atoms with Gasteiger partial charge < -0.3 is 10.2 Å². The summed E-state index contributed by atoms with van der Waals surface area (Å²) >= 11 is 4.78. The highest BCUT2D eigenvalue weighted by Gasteiger charge is 2.00. The van der Waals surface area contributed by atoms with Crippen molar-refractivity contribution in [2.45, 2.75) is 12.8 Å². The van der Waals surface area contributed by atoms with Gasteiger partial charge in [0.05, 0.1) is 0 Å². The third kappa shape index (κ3) is 2.66. The van der Waals surface area contributed by atoms with E-state index in [-0.39, 0.29) is 0 Å². The first-order valence-corrected chi connectivity index (χ1v) is 5.03. The number of aromatic nitrogens is 2. The van der Waals surface area contributed by atoms with E-state index in [9.17, 15) is 0 Å². The predicted molar refractivity (Wildman–Crippen MR) is 60.0 cm³/mol. The van der Waals surface area contributed by atoms with E-state index >= 15 is 0 Å². The van der Waals surface area contributed by atoms with Gasteiger partial charge in [-0.1, -0.05) is 12.1 Å². The summed E-state index contributed by atoms with van der Waals surface area (Å²) in [6.45, 7) is 0. The molecule has 1 heterocycles. The highest BCUT2D eigenvalue weighted by molar-refractivity contribution is 7.71. The Morgan fingerprint density at radius 1 is 1.27 bits per heavy atom. The molecule has 1 aromatic carbocycles. The van der Waals surface area contributed by atoms with Crippen LogP contribution in [0.3, 0.4) is 0 Å². The number of nitrogens with zero attached hydrogens (tertiary/aromatic N) is 1. The van der Waals surface area contributed by atoms with E-state index in [0.717, 1.165) is 18.5 Å². The lowest BCUT2D eigenvalue weighted by Crippen LogP contribution is -1.92. The van der Waals surface area contributed by atoms with E-state index in [1.165, 1.54) is 5.56 Å². The highest BCUT2D eigenvalue weighted by Crippen LogP contribution is 2.08. The monoisotopic (exact) mass is 221 g/mol. The number of nitrogen functional groups attached to an aromatic ring is 1. The Morgan fingerprint density at radius 3 is 2.60 bits per heavy atom. The first-order chi connectivity index (χ1) is 7.24. The van der Waals surface area contributed by atoms with Crippen molar-refractivity contribution in [3.8, 4) is 0 Å². The summed E-state index contributed by atoms with van der Waals surface area (Å²) in [7, 11) is 0. The van der Waals surface area contributed by atoms with Gasteiger partial charge in [-0.25, -0.2) is 5.10 Å². The zero-order chi connectivity index (χ0) is 10.7. The van der Waals surface area contributed by atoms with E-state index in [1.54, 1.807) is 0 Å². The van der Waals surface area contributed by atoms with Gasteiger partial charge in [0, 0.05) is 12.1 Å². The second-order valence-electron chi connectivity index (χ2n) is 3.25. The van der Waals surface area contributed by atoms with Gasteiger partial charge in [0.2, 0.25) is 5.89 Å². The van der Waals surface area contributed by atoms with Crippen LogP contribution in [0.25, 0.3) is 0 Å². The van der Waals surface area contributed by atoms with Crippen molar-refractivity contribution in [3.05, 3.63) is 40.6 Å². The highest BCUT2D eigenvalue weighted by atomic mass is 32.1. The average Bonchev–Trinajstić information content (AvgIpc) is 2.64. The minimum Gasteiger partial charge on any atom is -0.414 e. The number of aromatic amines is 1. The van der Waals surface area contributed by atoms with Gasteiger partial charge in [-0.3, -0.25) is 0 Å². The van der Waals surface area contributed by atoms with E-state index in [0.29, 0.717) is 10.7 Å². The van der Waals surface area contributed by atoms with Crippen molar-refractivity contribution < 1.29 is 4.42 Å². The van der Waals surface area contributed by atoms with Gasteiger partial charge in [-0.05, 0) is 36.3 Å². The number of benzene rings is 1. The fraction of sp³-hybridized carbons (Fsp3) is 0.200. The lowest BCUT2D eigenvalue weighted by Gasteiger charge is -1.98. The fourth-order valence-electron chi connectivity index (χ4n) is 1.30. The third-order valence-electron chi connectivity index (χ3n) is 2.09. The van der Waals surface area contributed by atoms with Crippen LogP contribution in [0.1, 0.15) is 11.5 Å². The van der Waals surface area contributed by atoms with E-state index in [4.69, 9.17) is 22.4 Å². The molecule has 1 aromatic heterocycles. The van der Waals surface area contributed by atoms with Crippen molar-refractivity contribution in [1.29, 1.82) is 0 Å². The number of anilines is 1. The molecule has 0 amide bonds. The summed E-state index contributed by atoms with van der Waals surface area (Å²) in [4.78, 5) is 0.322. The molecule has 2 rings (SSSR count). The van der Waals surface area contributed by atoms with Gasteiger partial charge >= 0.3 is 0 Å². The van der Waals surface area contributed by atoms with Gasteiger partial charge in [-0.15, -0.1) is 5.10 Å². The molecule has 0 aliphatic rings. The Hall–Kier alpha value is -1.62. The second-order valence-corrected chi connectivity index (χ2v) is 3.62. The molecule has 5 heteroatoms. The van der Waals surface area contributed by atoms with Crippen LogP contribution in [0.2, 0.25) is 0 Å². The molecule has 3 N–H and O–H groups in total. The number of H-pyrrole nitrogens is 1. The molecule has 0 aliphatic heterocycles. The van der Waals surface area contributed by atoms with Crippen LogP contribution in [0.15, 0.2) is 28.7 Å². The maximum absolute atomic E-state index is 5.59. The summed E-state index contributed by atoms with van der Waals surface area (Å²) in [5.41, 5.74) is 7.56. The maximum atomic E-state index is 5.59. The summed E-state index contributed by atoms with van der Waals surface area (Å²) in [5.74, 6) is 0.636. The SMILES string of the molecule is Nc1ccc(CCc2n[nH]c(=S)o2)cc1. The summed E-state index contributed by atoms with van der Waals surface area (Å²) < 4.78 is 5.15. The lowest BCUT2D eigenvalue weighted by atomic mass is 10.1. The van der Waals surface area contributed by atoms with Gasteiger partial charge in [-0.2, -0.15) is 0 Å². The number of nitrogens with one attached hydrogen (secondary N) is 1. The van der Waals surface area contributed by atoms with Gasteiger partial charge in [0.1, 0.15) is 0 Å². The van der Waals surface area contributed by atoms with Crippen LogP contribution in [0, 0.1) is 4.84 Å². The summed E-state index contributed by atoms with van der Waals surface area (Å²) in [6, 6.07) is 7.76. The molecular formula is C10H11N3OS. The van der Waals surface area contributed by atoms with Crippen molar-refractivity contribution in [1.82, 2.24) is 10.2 Å². The van der Waals surface area contributed by atoms with E-state index in [1.807, 2.05) is 24.3 Å².